The van der Waals surface area contributed by atoms with Gasteiger partial charge in [-0.3, -0.25) is 9.78 Å². The van der Waals surface area contributed by atoms with Crippen LogP contribution in [0.2, 0.25) is 18.1 Å². The Morgan fingerprint density at radius 3 is 2.50 bits per heavy atom. The Morgan fingerprint density at radius 1 is 1.30 bits per heavy atom. The Kier molecular flexibility index (Phi) is 5.65. The molecule has 1 heterocycles. The van der Waals surface area contributed by atoms with Crippen LogP contribution in [-0.2, 0) is 10.8 Å². The van der Waals surface area contributed by atoms with E-state index < -0.39 is 8.32 Å². The van der Waals surface area contributed by atoms with Crippen LogP contribution in [0.25, 0.3) is 0 Å². The van der Waals surface area contributed by atoms with Gasteiger partial charge in [-0.05, 0) is 55.6 Å². The van der Waals surface area contributed by atoms with E-state index in [4.69, 9.17) is 4.43 Å². The van der Waals surface area contributed by atoms with Gasteiger partial charge in [-0.2, -0.15) is 0 Å². The third-order valence-corrected chi connectivity index (χ3v) is 8.57. The van der Waals surface area contributed by atoms with Crippen LogP contribution in [0.5, 0.6) is 0 Å². The fourth-order valence-corrected chi connectivity index (χ4v) is 2.88. The van der Waals surface area contributed by atoms with Gasteiger partial charge in [-0.25, -0.2) is 0 Å². The highest BCUT2D eigenvalue weighted by Crippen LogP contribution is 2.36. The molecule has 0 bridgehead atoms. The summed E-state index contributed by atoms with van der Waals surface area (Å²) in [6.45, 7) is 14.0. The number of hydrogen-bond acceptors (Lipinski definition) is 3. The molecule has 1 aromatic heterocycles. The fraction of sp³-hybridized carbons (Fsp3) is 0.625. The van der Waals surface area contributed by atoms with E-state index in [1.165, 1.54) is 5.56 Å². The Bertz CT molecular complexity index is 464. The van der Waals surface area contributed by atoms with Crippen molar-refractivity contribution in [2.75, 3.05) is 6.61 Å². The molecule has 0 saturated heterocycles. The first-order valence-corrected chi connectivity index (χ1v) is 10.1. The normalized spacial score (nSPS) is 12.5. The van der Waals surface area contributed by atoms with E-state index >= 15 is 0 Å². The maximum Gasteiger partial charge on any atom is 0.191 e. The lowest BCUT2D eigenvalue weighted by Gasteiger charge is -2.36. The first kappa shape index (κ1) is 17.0. The maximum absolute atomic E-state index is 10.8. The summed E-state index contributed by atoms with van der Waals surface area (Å²) in [5.41, 5.74) is 2.58. The average Bonchev–Trinajstić information content (AvgIpc) is 2.32. The van der Waals surface area contributed by atoms with E-state index in [0.29, 0.717) is 5.69 Å². The van der Waals surface area contributed by atoms with Crippen molar-refractivity contribution in [3.63, 3.8) is 0 Å². The van der Waals surface area contributed by atoms with Crippen molar-refractivity contribution in [2.45, 2.75) is 58.7 Å². The van der Waals surface area contributed by atoms with Crippen LogP contribution in [0.3, 0.4) is 0 Å². The van der Waals surface area contributed by atoms with Crippen LogP contribution in [0.15, 0.2) is 12.1 Å². The molecule has 0 amide bonds. The molecular weight excluding hydrogens is 266 g/mol. The lowest BCUT2D eigenvalue weighted by Crippen LogP contribution is -2.41. The number of aldehydes is 1. The number of carbonyl (C=O) groups excluding carboxylic acids is 1. The zero-order chi connectivity index (χ0) is 15.4. The second-order valence-electron chi connectivity index (χ2n) is 6.87. The molecule has 0 aliphatic rings. The van der Waals surface area contributed by atoms with Crippen LogP contribution in [0.1, 0.15) is 48.9 Å². The summed E-state index contributed by atoms with van der Waals surface area (Å²) < 4.78 is 6.16. The van der Waals surface area contributed by atoms with Crippen LogP contribution in [0, 0.1) is 6.92 Å². The van der Waals surface area contributed by atoms with Gasteiger partial charge in [-0.1, -0.05) is 20.8 Å². The summed E-state index contributed by atoms with van der Waals surface area (Å²) in [4.78, 5) is 15.0. The Labute approximate surface area is 123 Å². The van der Waals surface area contributed by atoms with Gasteiger partial charge in [-0.15, -0.1) is 0 Å². The number of pyridine rings is 1. The molecule has 20 heavy (non-hydrogen) atoms. The SMILES string of the molecule is Cc1cc(CCCO[Si](C)(C)C(C)(C)C)cc(C=O)n1. The van der Waals surface area contributed by atoms with Crippen LogP contribution in [0.4, 0.5) is 0 Å². The first-order valence-electron chi connectivity index (χ1n) is 7.22. The third-order valence-electron chi connectivity index (χ3n) is 4.03. The molecule has 1 aromatic rings. The number of aromatic nitrogens is 1. The molecule has 4 heteroatoms. The third kappa shape index (κ3) is 4.83. The van der Waals surface area contributed by atoms with E-state index in [0.717, 1.165) is 31.4 Å². The quantitative estimate of drug-likeness (QED) is 0.449. The van der Waals surface area contributed by atoms with Crippen molar-refractivity contribution in [2.24, 2.45) is 0 Å². The molecule has 0 aliphatic carbocycles. The zero-order valence-electron chi connectivity index (χ0n) is 13.6. The van der Waals surface area contributed by atoms with E-state index in [2.05, 4.69) is 38.8 Å². The first-order chi connectivity index (χ1) is 9.15. The standard InChI is InChI=1S/C16H27NO2Si/c1-13-10-14(11-15(12-18)17-13)8-7-9-19-20(5,6)16(2,3)4/h10-12H,7-9H2,1-6H3. The van der Waals surface area contributed by atoms with Crippen molar-refractivity contribution in [3.05, 3.63) is 29.1 Å². The molecule has 112 valence electrons. The van der Waals surface area contributed by atoms with Gasteiger partial charge in [0, 0.05) is 12.3 Å². The van der Waals surface area contributed by atoms with Gasteiger partial charge in [0.15, 0.2) is 14.6 Å². The lowest BCUT2D eigenvalue weighted by atomic mass is 10.1. The Morgan fingerprint density at radius 2 is 1.95 bits per heavy atom. The number of hydrogen-bond donors (Lipinski definition) is 0. The number of aryl methyl sites for hydroxylation is 2. The Hall–Kier alpha value is -1.00. The number of nitrogens with zero attached hydrogens (tertiary/aromatic N) is 1. The van der Waals surface area contributed by atoms with Crippen LogP contribution in [-0.4, -0.2) is 26.2 Å². The summed E-state index contributed by atoms with van der Waals surface area (Å²) in [5.74, 6) is 0. The van der Waals surface area contributed by atoms with E-state index in [-0.39, 0.29) is 5.04 Å². The van der Waals surface area contributed by atoms with Gasteiger partial charge in [0.25, 0.3) is 0 Å². The van der Waals surface area contributed by atoms with Gasteiger partial charge >= 0.3 is 0 Å². The minimum Gasteiger partial charge on any atom is -0.417 e. The second kappa shape index (κ2) is 6.63. The molecule has 0 unspecified atom stereocenters. The smallest absolute Gasteiger partial charge is 0.191 e. The zero-order valence-corrected chi connectivity index (χ0v) is 14.6. The van der Waals surface area contributed by atoms with Crippen molar-refractivity contribution in [3.8, 4) is 0 Å². The molecule has 0 aromatic carbocycles. The second-order valence-corrected chi connectivity index (χ2v) is 11.7. The lowest BCUT2D eigenvalue weighted by molar-refractivity contribution is 0.111. The topological polar surface area (TPSA) is 39.2 Å². The summed E-state index contributed by atoms with van der Waals surface area (Å²) in [7, 11) is -1.64. The summed E-state index contributed by atoms with van der Waals surface area (Å²) in [5, 5.41) is 0.255. The maximum atomic E-state index is 10.8. The van der Waals surface area contributed by atoms with Crippen molar-refractivity contribution in [1.82, 2.24) is 4.98 Å². The molecule has 0 atom stereocenters. The fourth-order valence-electron chi connectivity index (χ4n) is 1.79. The average molecular weight is 293 g/mol. The minimum absolute atomic E-state index is 0.255. The number of rotatable bonds is 6. The minimum atomic E-state index is -1.64. The number of carbonyl (C=O) groups is 1. The van der Waals surface area contributed by atoms with Gasteiger partial charge in [0.05, 0.1) is 0 Å². The van der Waals surface area contributed by atoms with E-state index in [9.17, 15) is 4.79 Å². The molecule has 3 nitrogen and oxygen atoms in total. The molecule has 0 saturated carbocycles. The van der Waals surface area contributed by atoms with Crippen LogP contribution >= 0.6 is 0 Å². The Balaban J connectivity index is 2.50. The molecule has 1 rings (SSSR count). The van der Waals surface area contributed by atoms with Gasteiger partial charge in [0.1, 0.15) is 5.69 Å². The summed E-state index contributed by atoms with van der Waals surface area (Å²) in [6, 6.07) is 3.91. The molecule has 0 fully saturated rings. The molecule has 0 spiro atoms. The molecular formula is C16H27NO2Si. The van der Waals surface area contributed by atoms with E-state index in [1.54, 1.807) is 0 Å². The van der Waals surface area contributed by atoms with Gasteiger partial charge < -0.3 is 4.43 Å². The van der Waals surface area contributed by atoms with Crippen molar-refractivity contribution >= 4 is 14.6 Å². The predicted octanol–water partition coefficient (Wildman–Crippen LogP) is 4.16. The molecule has 0 N–H and O–H groups in total. The molecule has 0 radical (unpaired) electrons. The molecule has 0 aliphatic heterocycles. The van der Waals surface area contributed by atoms with E-state index in [1.807, 2.05) is 19.1 Å². The highest BCUT2D eigenvalue weighted by Gasteiger charge is 2.36. The van der Waals surface area contributed by atoms with Gasteiger partial charge in [0.2, 0.25) is 0 Å². The summed E-state index contributed by atoms with van der Waals surface area (Å²) >= 11 is 0. The van der Waals surface area contributed by atoms with Crippen molar-refractivity contribution < 1.29 is 9.22 Å². The highest BCUT2D eigenvalue weighted by atomic mass is 28.4. The summed E-state index contributed by atoms with van der Waals surface area (Å²) in [6.07, 6.45) is 2.72. The van der Waals surface area contributed by atoms with Crippen LogP contribution < -0.4 is 0 Å². The monoisotopic (exact) mass is 293 g/mol. The highest BCUT2D eigenvalue weighted by molar-refractivity contribution is 6.74. The van der Waals surface area contributed by atoms with Crippen molar-refractivity contribution in [1.29, 1.82) is 0 Å². The predicted molar refractivity (Wildman–Crippen MR) is 85.8 cm³/mol. The largest absolute Gasteiger partial charge is 0.417 e.